The van der Waals surface area contributed by atoms with E-state index in [1.807, 2.05) is 36.4 Å². The van der Waals surface area contributed by atoms with Crippen LogP contribution in [-0.2, 0) is 6.42 Å². The molecule has 0 unspecified atom stereocenters. The van der Waals surface area contributed by atoms with Crippen molar-refractivity contribution in [1.29, 1.82) is 0 Å². The van der Waals surface area contributed by atoms with Gasteiger partial charge in [-0.1, -0.05) is 73.2 Å². The lowest BCUT2D eigenvalue weighted by molar-refractivity contribution is 1.13. The van der Waals surface area contributed by atoms with Crippen LogP contribution in [0.4, 0.5) is 0 Å². The molecular formula is C15H18. The van der Waals surface area contributed by atoms with Gasteiger partial charge in [-0.3, -0.25) is 0 Å². The van der Waals surface area contributed by atoms with Gasteiger partial charge in [0, 0.05) is 0 Å². The molecule has 0 N–H and O–H groups in total. The fraction of sp³-hybridized carbons (Fsp3) is 0.200. The molecule has 0 fully saturated rings. The van der Waals surface area contributed by atoms with Gasteiger partial charge in [0.15, 0.2) is 0 Å². The van der Waals surface area contributed by atoms with Crippen LogP contribution in [0.25, 0.3) is 0 Å². The van der Waals surface area contributed by atoms with Crippen LogP contribution in [0.1, 0.15) is 18.1 Å². The Hall–Kier alpha value is -1.56. The molecule has 0 nitrogen and oxygen atoms in total. The number of aryl methyl sites for hydroxylation is 2. The maximum Gasteiger partial charge on any atom is -0.0307 e. The van der Waals surface area contributed by atoms with Gasteiger partial charge in [-0.15, -0.1) is 0 Å². The van der Waals surface area contributed by atoms with Gasteiger partial charge in [0.1, 0.15) is 0 Å². The van der Waals surface area contributed by atoms with E-state index in [-0.39, 0.29) is 0 Å². The summed E-state index contributed by atoms with van der Waals surface area (Å²) in [7, 11) is 0. The zero-order valence-corrected chi connectivity index (χ0v) is 9.48. The van der Waals surface area contributed by atoms with Crippen molar-refractivity contribution in [3.8, 4) is 0 Å². The predicted octanol–water partition coefficient (Wildman–Crippen LogP) is 4.24. The highest BCUT2D eigenvalue weighted by molar-refractivity contribution is 5.21. The Morgan fingerprint density at radius 1 is 0.800 bits per heavy atom. The van der Waals surface area contributed by atoms with Crippen molar-refractivity contribution in [3.63, 3.8) is 0 Å². The fourth-order valence-corrected chi connectivity index (χ4v) is 1.32. The van der Waals surface area contributed by atoms with E-state index in [0.29, 0.717) is 0 Å². The van der Waals surface area contributed by atoms with Gasteiger partial charge in [-0.2, -0.15) is 0 Å². The zero-order chi connectivity index (χ0) is 10.9. The van der Waals surface area contributed by atoms with E-state index in [1.165, 1.54) is 11.1 Å². The van der Waals surface area contributed by atoms with Crippen molar-refractivity contribution < 1.29 is 0 Å². The highest BCUT2D eigenvalue weighted by Gasteiger charge is 1.85. The van der Waals surface area contributed by atoms with Crippen molar-refractivity contribution >= 4 is 0 Å². The summed E-state index contributed by atoms with van der Waals surface area (Å²) in [5, 5.41) is 0. The molecule has 78 valence electrons. The second-order valence-corrected chi connectivity index (χ2v) is 3.50. The van der Waals surface area contributed by atoms with Crippen molar-refractivity contribution in [1.82, 2.24) is 0 Å². The molecule has 0 spiro atoms. The minimum Gasteiger partial charge on any atom is -0.0623 e. The smallest absolute Gasteiger partial charge is 0.0307 e. The number of hydrogen-bond donors (Lipinski definition) is 0. The summed E-state index contributed by atoms with van der Waals surface area (Å²) in [6, 6.07) is 20.6. The Balaban J connectivity index is 0.000000162. The van der Waals surface area contributed by atoms with Crippen molar-refractivity contribution in [3.05, 3.63) is 71.8 Å². The van der Waals surface area contributed by atoms with Gasteiger partial charge in [-0.25, -0.2) is 0 Å². The molecule has 2 aromatic rings. The topological polar surface area (TPSA) is 0 Å². The quantitative estimate of drug-likeness (QED) is 0.642. The summed E-state index contributed by atoms with van der Waals surface area (Å²) >= 11 is 0. The van der Waals surface area contributed by atoms with E-state index in [9.17, 15) is 0 Å². The van der Waals surface area contributed by atoms with Crippen LogP contribution in [0, 0.1) is 6.92 Å². The number of benzene rings is 2. The van der Waals surface area contributed by atoms with Gasteiger partial charge in [0.05, 0.1) is 0 Å². The Morgan fingerprint density at radius 3 is 1.67 bits per heavy atom. The SMILES string of the molecule is CCc1cccc(C)c1.c1ccccc1. The molecule has 0 bridgehead atoms. The number of rotatable bonds is 1. The molecule has 0 heteroatoms. The first-order chi connectivity index (χ1) is 7.33. The Bertz CT molecular complexity index is 336. The van der Waals surface area contributed by atoms with Gasteiger partial charge in [0.25, 0.3) is 0 Å². The van der Waals surface area contributed by atoms with Crippen LogP contribution in [0.15, 0.2) is 60.7 Å². The minimum atomic E-state index is 1.14. The lowest BCUT2D eigenvalue weighted by Crippen LogP contribution is -1.78. The molecule has 0 aliphatic rings. The highest BCUT2D eigenvalue weighted by Crippen LogP contribution is 2.03. The molecule has 0 radical (unpaired) electrons. The molecule has 15 heavy (non-hydrogen) atoms. The maximum absolute atomic E-state index is 2.22. The monoisotopic (exact) mass is 198 g/mol. The van der Waals surface area contributed by atoms with E-state index in [1.54, 1.807) is 0 Å². The first kappa shape index (κ1) is 11.5. The van der Waals surface area contributed by atoms with Crippen LogP contribution < -0.4 is 0 Å². The standard InChI is InChI=1S/C9H12.C6H6/c1-3-9-6-4-5-8(2)7-9;1-2-4-6-5-3-1/h4-7H,3H2,1-2H3;1-6H. The van der Waals surface area contributed by atoms with E-state index >= 15 is 0 Å². The summed E-state index contributed by atoms with van der Waals surface area (Å²) in [6.45, 7) is 4.30. The summed E-state index contributed by atoms with van der Waals surface area (Å²) < 4.78 is 0. The second-order valence-electron chi connectivity index (χ2n) is 3.50. The third-order valence-electron chi connectivity index (χ3n) is 2.16. The van der Waals surface area contributed by atoms with Crippen LogP contribution in [-0.4, -0.2) is 0 Å². The summed E-state index contributed by atoms with van der Waals surface area (Å²) in [5.74, 6) is 0. The molecule has 0 saturated carbocycles. The third-order valence-corrected chi connectivity index (χ3v) is 2.16. The molecule has 0 heterocycles. The lowest BCUT2D eigenvalue weighted by atomic mass is 10.1. The van der Waals surface area contributed by atoms with Crippen molar-refractivity contribution in [2.24, 2.45) is 0 Å². The predicted molar refractivity (Wildman–Crippen MR) is 67.0 cm³/mol. The molecule has 2 rings (SSSR count). The molecule has 0 amide bonds. The Labute approximate surface area is 92.6 Å². The summed E-state index contributed by atoms with van der Waals surface area (Å²) in [6.07, 6.45) is 1.14. The Morgan fingerprint density at radius 2 is 1.33 bits per heavy atom. The first-order valence-electron chi connectivity index (χ1n) is 5.38. The second kappa shape index (κ2) is 6.83. The molecule has 2 aromatic carbocycles. The maximum atomic E-state index is 2.22. The summed E-state index contributed by atoms with van der Waals surface area (Å²) in [4.78, 5) is 0. The van der Waals surface area contributed by atoms with E-state index in [0.717, 1.165) is 6.42 Å². The minimum absolute atomic E-state index is 1.14. The average molecular weight is 198 g/mol. The van der Waals surface area contributed by atoms with E-state index in [4.69, 9.17) is 0 Å². The molecule has 0 atom stereocenters. The first-order valence-corrected chi connectivity index (χ1v) is 5.38. The van der Waals surface area contributed by atoms with Crippen LogP contribution in [0.5, 0.6) is 0 Å². The van der Waals surface area contributed by atoms with Crippen molar-refractivity contribution in [2.45, 2.75) is 20.3 Å². The average Bonchev–Trinajstić information content (AvgIpc) is 2.32. The van der Waals surface area contributed by atoms with Gasteiger partial charge < -0.3 is 0 Å². The summed E-state index contributed by atoms with van der Waals surface area (Å²) in [5.41, 5.74) is 2.78. The third kappa shape index (κ3) is 5.02. The van der Waals surface area contributed by atoms with Crippen LogP contribution in [0.2, 0.25) is 0 Å². The lowest BCUT2D eigenvalue weighted by Gasteiger charge is -1.95. The molecule has 0 aliphatic heterocycles. The zero-order valence-electron chi connectivity index (χ0n) is 9.48. The number of hydrogen-bond acceptors (Lipinski definition) is 0. The van der Waals surface area contributed by atoms with Crippen LogP contribution in [0.3, 0.4) is 0 Å². The Kier molecular flexibility index (Phi) is 5.24. The molecular weight excluding hydrogens is 180 g/mol. The molecule has 0 saturated heterocycles. The van der Waals surface area contributed by atoms with Gasteiger partial charge >= 0.3 is 0 Å². The fourth-order valence-electron chi connectivity index (χ4n) is 1.32. The molecule has 0 aromatic heterocycles. The van der Waals surface area contributed by atoms with Gasteiger partial charge in [0.2, 0.25) is 0 Å². The van der Waals surface area contributed by atoms with E-state index < -0.39 is 0 Å². The van der Waals surface area contributed by atoms with E-state index in [2.05, 4.69) is 38.1 Å². The van der Waals surface area contributed by atoms with Crippen molar-refractivity contribution in [2.75, 3.05) is 0 Å². The highest BCUT2D eigenvalue weighted by atomic mass is 13.9. The van der Waals surface area contributed by atoms with Gasteiger partial charge in [-0.05, 0) is 18.9 Å². The molecule has 0 aliphatic carbocycles. The normalized spacial score (nSPS) is 8.93. The largest absolute Gasteiger partial charge is 0.0623 e. The van der Waals surface area contributed by atoms with Crippen LogP contribution >= 0.6 is 0 Å².